The van der Waals surface area contributed by atoms with Crippen LogP contribution >= 0.6 is 0 Å². The summed E-state index contributed by atoms with van der Waals surface area (Å²) in [5, 5.41) is 0. The molecule has 2 fully saturated rings. The SMILES string of the molecule is CCCCOC(=O)N1CCN(C(=O)C2CCCCC2)CC1. The second kappa shape index (κ2) is 8.25. The van der Waals surface area contributed by atoms with Crippen LogP contribution in [0.4, 0.5) is 4.79 Å². The molecule has 120 valence electrons. The maximum absolute atomic E-state index is 12.4. The summed E-state index contributed by atoms with van der Waals surface area (Å²) in [4.78, 5) is 27.9. The first-order chi connectivity index (χ1) is 10.2. The monoisotopic (exact) mass is 296 g/mol. The van der Waals surface area contributed by atoms with Gasteiger partial charge in [0.05, 0.1) is 6.61 Å². The lowest BCUT2D eigenvalue weighted by Crippen LogP contribution is -2.52. The minimum atomic E-state index is -0.229. The van der Waals surface area contributed by atoms with E-state index >= 15 is 0 Å². The van der Waals surface area contributed by atoms with E-state index in [0.717, 1.165) is 25.7 Å². The van der Waals surface area contributed by atoms with Crippen LogP contribution < -0.4 is 0 Å². The van der Waals surface area contributed by atoms with Crippen LogP contribution in [0.3, 0.4) is 0 Å². The van der Waals surface area contributed by atoms with Gasteiger partial charge < -0.3 is 14.5 Å². The van der Waals surface area contributed by atoms with E-state index in [1.54, 1.807) is 4.90 Å². The van der Waals surface area contributed by atoms with Gasteiger partial charge in [-0.15, -0.1) is 0 Å². The molecule has 1 aliphatic carbocycles. The third-order valence-corrected chi connectivity index (χ3v) is 4.53. The van der Waals surface area contributed by atoms with Crippen molar-refractivity contribution < 1.29 is 14.3 Å². The molecule has 1 heterocycles. The molecular formula is C16H28N2O3. The number of unbranched alkanes of at least 4 members (excludes halogenated alkanes) is 1. The highest BCUT2D eigenvalue weighted by Crippen LogP contribution is 2.25. The van der Waals surface area contributed by atoms with Crippen LogP contribution in [0.15, 0.2) is 0 Å². The summed E-state index contributed by atoms with van der Waals surface area (Å²) in [5.41, 5.74) is 0. The molecule has 2 amide bonds. The molecule has 0 unspecified atom stereocenters. The Hall–Kier alpha value is -1.26. The highest BCUT2D eigenvalue weighted by molar-refractivity contribution is 5.79. The van der Waals surface area contributed by atoms with Crippen molar-refractivity contribution in [2.75, 3.05) is 32.8 Å². The molecule has 2 aliphatic rings. The first kappa shape index (κ1) is 16.1. The van der Waals surface area contributed by atoms with Gasteiger partial charge in [-0.3, -0.25) is 4.79 Å². The number of amides is 2. The van der Waals surface area contributed by atoms with Crippen molar-refractivity contribution in [3.63, 3.8) is 0 Å². The van der Waals surface area contributed by atoms with Gasteiger partial charge in [0.2, 0.25) is 5.91 Å². The van der Waals surface area contributed by atoms with Crippen molar-refractivity contribution in [1.82, 2.24) is 9.80 Å². The van der Waals surface area contributed by atoms with E-state index in [1.807, 2.05) is 4.90 Å². The molecule has 0 radical (unpaired) electrons. The first-order valence-electron chi connectivity index (χ1n) is 8.43. The predicted molar refractivity (Wildman–Crippen MR) is 81.0 cm³/mol. The smallest absolute Gasteiger partial charge is 0.409 e. The molecule has 5 heteroatoms. The maximum atomic E-state index is 12.4. The molecule has 0 spiro atoms. The third-order valence-electron chi connectivity index (χ3n) is 4.53. The molecule has 0 aromatic heterocycles. The van der Waals surface area contributed by atoms with Gasteiger partial charge in [0, 0.05) is 32.1 Å². The van der Waals surface area contributed by atoms with E-state index in [-0.39, 0.29) is 12.0 Å². The Balaban J connectivity index is 1.72. The van der Waals surface area contributed by atoms with Crippen molar-refractivity contribution in [3.05, 3.63) is 0 Å². The van der Waals surface area contributed by atoms with Crippen molar-refractivity contribution in [1.29, 1.82) is 0 Å². The Kier molecular flexibility index (Phi) is 6.33. The van der Waals surface area contributed by atoms with Crippen LogP contribution in [0.2, 0.25) is 0 Å². The molecule has 1 saturated heterocycles. The Morgan fingerprint density at radius 2 is 1.62 bits per heavy atom. The van der Waals surface area contributed by atoms with Crippen molar-refractivity contribution in [3.8, 4) is 0 Å². The van der Waals surface area contributed by atoms with Gasteiger partial charge in [0.1, 0.15) is 0 Å². The summed E-state index contributed by atoms with van der Waals surface area (Å²) < 4.78 is 5.22. The molecule has 1 aliphatic heterocycles. The zero-order chi connectivity index (χ0) is 15.1. The number of piperazine rings is 1. The highest BCUT2D eigenvalue weighted by Gasteiger charge is 2.29. The summed E-state index contributed by atoms with van der Waals surface area (Å²) in [7, 11) is 0. The van der Waals surface area contributed by atoms with E-state index in [0.29, 0.717) is 38.7 Å². The van der Waals surface area contributed by atoms with E-state index in [2.05, 4.69) is 6.92 Å². The number of hydrogen-bond donors (Lipinski definition) is 0. The fraction of sp³-hybridized carbons (Fsp3) is 0.875. The number of carbonyl (C=O) groups is 2. The van der Waals surface area contributed by atoms with Crippen molar-refractivity contribution in [2.45, 2.75) is 51.9 Å². The molecule has 0 N–H and O–H groups in total. The average Bonchev–Trinajstić information content (AvgIpc) is 2.55. The lowest BCUT2D eigenvalue weighted by atomic mass is 9.88. The topological polar surface area (TPSA) is 49.9 Å². The summed E-state index contributed by atoms with van der Waals surface area (Å²) >= 11 is 0. The number of hydrogen-bond acceptors (Lipinski definition) is 3. The van der Waals surface area contributed by atoms with Gasteiger partial charge in [0.15, 0.2) is 0 Å². The van der Waals surface area contributed by atoms with Crippen LogP contribution in [-0.2, 0) is 9.53 Å². The van der Waals surface area contributed by atoms with E-state index in [1.165, 1.54) is 19.3 Å². The quantitative estimate of drug-likeness (QED) is 0.749. The number of nitrogens with zero attached hydrogens (tertiary/aromatic N) is 2. The lowest BCUT2D eigenvalue weighted by Gasteiger charge is -2.36. The van der Waals surface area contributed by atoms with Gasteiger partial charge in [-0.05, 0) is 19.3 Å². The molecule has 2 rings (SSSR count). The van der Waals surface area contributed by atoms with Crippen LogP contribution in [0.5, 0.6) is 0 Å². The summed E-state index contributed by atoms with van der Waals surface area (Å²) in [6.07, 6.45) is 7.41. The third kappa shape index (κ3) is 4.61. The van der Waals surface area contributed by atoms with Crippen molar-refractivity contribution in [2.24, 2.45) is 5.92 Å². The van der Waals surface area contributed by atoms with Gasteiger partial charge in [0.25, 0.3) is 0 Å². The van der Waals surface area contributed by atoms with Gasteiger partial charge in [-0.2, -0.15) is 0 Å². The van der Waals surface area contributed by atoms with Crippen LogP contribution in [0.1, 0.15) is 51.9 Å². The minimum Gasteiger partial charge on any atom is -0.449 e. The Bertz CT molecular complexity index is 345. The summed E-state index contributed by atoms with van der Waals surface area (Å²) in [6, 6.07) is 0. The Labute approximate surface area is 127 Å². The molecule has 0 aromatic rings. The van der Waals surface area contributed by atoms with E-state index < -0.39 is 0 Å². The second-order valence-corrected chi connectivity index (χ2v) is 6.12. The van der Waals surface area contributed by atoms with E-state index in [9.17, 15) is 9.59 Å². The molecule has 0 bridgehead atoms. The van der Waals surface area contributed by atoms with Crippen LogP contribution in [0, 0.1) is 5.92 Å². The predicted octanol–water partition coefficient (Wildman–Crippen LogP) is 2.65. The fourth-order valence-electron chi connectivity index (χ4n) is 3.11. The Morgan fingerprint density at radius 3 is 2.24 bits per heavy atom. The zero-order valence-electron chi connectivity index (χ0n) is 13.2. The first-order valence-corrected chi connectivity index (χ1v) is 8.43. The van der Waals surface area contributed by atoms with Crippen LogP contribution in [0.25, 0.3) is 0 Å². The summed E-state index contributed by atoms with van der Waals surface area (Å²) in [5.74, 6) is 0.524. The highest BCUT2D eigenvalue weighted by atomic mass is 16.6. The number of rotatable bonds is 4. The Morgan fingerprint density at radius 1 is 1.00 bits per heavy atom. The summed E-state index contributed by atoms with van der Waals surface area (Å²) in [6.45, 7) is 5.07. The maximum Gasteiger partial charge on any atom is 0.409 e. The van der Waals surface area contributed by atoms with Gasteiger partial charge >= 0.3 is 6.09 Å². The van der Waals surface area contributed by atoms with E-state index in [4.69, 9.17) is 4.74 Å². The molecule has 1 saturated carbocycles. The molecular weight excluding hydrogens is 268 g/mol. The average molecular weight is 296 g/mol. The molecule has 21 heavy (non-hydrogen) atoms. The van der Waals surface area contributed by atoms with Gasteiger partial charge in [-0.25, -0.2) is 4.79 Å². The normalized spacial score (nSPS) is 20.4. The number of ether oxygens (including phenoxy) is 1. The standard InChI is InChI=1S/C16H28N2O3/c1-2-3-13-21-16(20)18-11-9-17(10-12-18)15(19)14-7-5-4-6-8-14/h14H,2-13H2,1H3. The van der Waals surface area contributed by atoms with Crippen molar-refractivity contribution >= 4 is 12.0 Å². The lowest BCUT2D eigenvalue weighted by molar-refractivity contribution is -0.138. The molecule has 0 aromatic carbocycles. The van der Waals surface area contributed by atoms with Crippen LogP contribution in [-0.4, -0.2) is 54.6 Å². The second-order valence-electron chi connectivity index (χ2n) is 6.12. The van der Waals surface area contributed by atoms with Gasteiger partial charge in [-0.1, -0.05) is 32.6 Å². The minimum absolute atomic E-state index is 0.224. The molecule has 0 atom stereocenters. The largest absolute Gasteiger partial charge is 0.449 e. The zero-order valence-corrected chi connectivity index (χ0v) is 13.2. The molecule has 5 nitrogen and oxygen atoms in total. The fourth-order valence-corrected chi connectivity index (χ4v) is 3.11. The number of carbonyl (C=O) groups excluding carboxylic acids is 2.